The molecule has 0 aliphatic heterocycles. The van der Waals surface area contributed by atoms with Gasteiger partial charge in [-0.3, -0.25) is 9.59 Å². The normalized spacial score (nSPS) is 13.0. The second kappa shape index (κ2) is 13.1. The number of amides is 2. The number of benzene rings is 1. The number of ether oxygens (including phenoxy) is 2. The Kier molecular flexibility index (Phi) is 9.61. The maximum absolute atomic E-state index is 12.7. The van der Waals surface area contributed by atoms with Crippen molar-refractivity contribution < 1.29 is 28.7 Å². The third kappa shape index (κ3) is 6.61. The zero-order valence-electron chi connectivity index (χ0n) is 21.5. The topological polar surface area (TPSA) is 116 Å². The summed E-state index contributed by atoms with van der Waals surface area (Å²) in [7, 11) is 1.31. The van der Waals surface area contributed by atoms with Gasteiger partial charge in [0.15, 0.2) is 4.80 Å². The molecule has 204 valence electrons. The number of hydrogen-bond donors (Lipinski definition) is 1. The van der Waals surface area contributed by atoms with Crippen molar-refractivity contribution in [1.29, 1.82) is 0 Å². The number of fused-ring (bicyclic) bond motifs is 2. The van der Waals surface area contributed by atoms with E-state index in [1.54, 1.807) is 29.7 Å². The highest BCUT2D eigenvalue weighted by Crippen LogP contribution is 2.38. The molecule has 0 atom stereocenters. The highest BCUT2D eigenvalue weighted by Gasteiger charge is 2.27. The SMILES string of the molecule is C#CCn1c(=NC(=O)CSCC(=O)Nc2sc3c(c2C(=O)OCC)CCCC3)sc2cc(C(=O)OC)ccc21. The monoisotopic (exact) mass is 585 g/mol. The summed E-state index contributed by atoms with van der Waals surface area (Å²) < 4.78 is 12.5. The summed E-state index contributed by atoms with van der Waals surface area (Å²) in [6.45, 7) is 2.21. The van der Waals surface area contributed by atoms with Crippen LogP contribution in [0, 0.1) is 12.3 Å². The Morgan fingerprint density at radius 2 is 1.95 bits per heavy atom. The lowest BCUT2D eigenvalue weighted by Crippen LogP contribution is -2.19. The van der Waals surface area contributed by atoms with Crippen molar-refractivity contribution in [3.63, 3.8) is 0 Å². The van der Waals surface area contributed by atoms with E-state index in [9.17, 15) is 19.2 Å². The lowest BCUT2D eigenvalue weighted by Gasteiger charge is -2.12. The third-order valence-corrected chi connectivity index (χ3v) is 9.10. The molecule has 2 heterocycles. The van der Waals surface area contributed by atoms with Crippen molar-refractivity contribution in [2.24, 2.45) is 4.99 Å². The molecular weight excluding hydrogens is 559 g/mol. The van der Waals surface area contributed by atoms with Crippen LogP contribution in [0.4, 0.5) is 5.00 Å². The number of esters is 2. The van der Waals surface area contributed by atoms with E-state index < -0.39 is 17.8 Å². The van der Waals surface area contributed by atoms with E-state index in [4.69, 9.17) is 15.9 Å². The quantitative estimate of drug-likeness (QED) is 0.298. The summed E-state index contributed by atoms with van der Waals surface area (Å²) in [4.78, 5) is 55.5. The van der Waals surface area contributed by atoms with Gasteiger partial charge in [-0.2, -0.15) is 4.99 Å². The predicted molar refractivity (Wildman–Crippen MR) is 153 cm³/mol. The predicted octanol–water partition coefficient (Wildman–Crippen LogP) is 4.04. The van der Waals surface area contributed by atoms with Gasteiger partial charge in [-0.15, -0.1) is 29.5 Å². The summed E-state index contributed by atoms with van der Waals surface area (Å²) in [6, 6.07) is 5.05. The number of rotatable bonds is 9. The maximum Gasteiger partial charge on any atom is 0.341 e. The molecule has 0 unspecified atom stereocenters. The summed E-state index contributed by atoms with van der Waals surface area (Å²) in [5.74, 6) is 0.952. The van der Waals surface area contributed by atoms with E-state index >= 15 is 0 Å². The van der Waals surface area contributed by atoms with E-state index in [0.29, 0.717) is 20.9 Å². The van der Waals surface area contributed by atoms with E-state index in [1.165, 1.54) is 29.8 Å². The van der Waals surface area contributed by atoms with Gasteiger partial charge in [-0.1, -0.05) is 17.3 Å². The molecular formula is C27H27N3O6S3. The first-order chi connectivity index (χ1) is 18.9. The highest BCUT2D eigenvalue weighted by atomic mass is 32.2. The van der Waals surface area contributed by atoms with Gasteiger partial charge >= 0.3 is 11.9 Å². The van der Waals surface area contributed by atoms with Gasteiger partial charge in [0.25, 0.3) is 5.91 Å². The van der Waals surface area contributed by atoms with Gasteiger partial charge < -0.3 is 19.4 Å². The minimum absolute atomic E-state index is 0.0171. The van der Waals surface area contributed by atoms with E-state index in [-0.39, 0.29) is 30.6 Å². The molecule has 1 aromatic carbocycles. The molecule has 2 amide bonds. The lowest BCUT2D eigenvalue weighted by molar-refractivity contribution is -0.115. The average molecular weight is 586 g/mol. The molecule has 2 aromatic heterocycles. The Labute approximate surface area is 237 Å². The van der Waals surface area contributed by atoms with Crippen LogP contribution < -0.4 is 10.1 Å². The molecule has 3 aromatic rings. The number of aryl methyl sites for hydroxylation is 1. The van der Waals surface area contributed by atoms with Crippen LogP contribution in [-0.2, 0) is 38.4 Å². The molecule has 0 saturated carbocycles. The number of hydrogen-bond acceptors (Lipinski definition) is 9. The number of aromatic nitrogens is 1. The molecule has 1 aliphatic carbocycles. The Morgan fingerprint density at radius 3 is 2.69 bits per heavy atom. The van der Waals surface area contributed by atoms with E-state index in [0.717, 1.165) is 58.1 Å². The van der Waals surface area contributed by atoms with Gasteiger partial charge in [0.05, 0.1) is 53.1 Å². The van der Waals surface area contributed by atoms with Gasteiger partial charge in [-0.25, -0.2) is 9.59 Å². The molecule has 0 radical (unpaired) electrons. The molecule has 12 heteroatoms. The van der Waals surface area contributed by atoms with Crippen LogP contribution in [0.25, 0.3) is 10.2 Å². The zero-order chi connectivity index (χ0) is 27.9. The number of nitrogens with one attached hydrogen (secondary N) is 1. The second-order valence-corrected chi connectivity index (χ2v) is 11.6. The Morgan fingerprint density at radius 1 is 1.15 bits per heavy atom. The van der Waals surface area contributed by atoms with Gasteiger partial charge in [0, 0.05) is 4.88 Å². The number of methoxy groups -OCH3 is 1. The number of terminal acetylenes is 1. The van der Waals surface area contributed by atoms with Crippen molar-refractivity contribution in [3.05, 3.63) is 44.6 Å². The fourth-order valence-electron chi connectivity index (χ4n) is 4.25. The molecule has 9 nitrogen and oxygen atoms in total. The molecule has 4 rings (SSSR count). The first-order valence-electron chi connectivity index (χ1n) is 12.3. The highest BCUT2D eigenvalue weighted by molar-refractivity contribution is 8.00. The standard InChI is InChI=1S/C27H27N3O6S3/c1-4-12-30-18-11-10-16(25(33)35-3)13-20(18)39-27(30)29-22(32)15-37-14-21(31)28-24-23(26(34)36-5-2)17-8-6-7-9-19(17)38-24/h1,10-11,13H,5-9,12,14-15H2,2-3H3,(H,28,31). The lowest BCUT2D eigenvalue weighted by atomic mass is 9.95. The van der Waals surface area contributed by atoms with Crippen molar-refractivity contribution in [2.75, 3.05) is 30.5 Å². The van der Waals surface area contributed by atoms with Gasteiger partial charge in [0.2, 0.25) is 5.91 Å². The number of carbonyl (C=O) groups is 4. The largest absolute Gasteiger partial charge is 0.465 e. The average Bonchev–Trinajstić information content (AvgIpc) is 3.45. The van der Waals surface area contributed by atoms with Crippen LogP contribution in [0.3, 0.4) is 0 Å². The fourth-order valence-corrected chi connectivity index (χ4v) is 7.23. The molecule has 0 fully saturated rings. The van der Waals surface area contributed by atoms with Crippen LogP contribution in [0.2, 0.25) is 0 Å². The molecule has 1 aliphatic rings. The van der Waals surface area contributed by atoms with Crippen LogP contribution in [0.5, 0.6) is 0 Å². The molecule has 0 saturated heterocycles. The Bertz CT molecular complexity index is 1540. The van der Waals surface area contributed by atoms with Crippen LogP contribution >= 0.6 is 34.4 Å². The summed E-state index contributed by atoms with van der Waals surface area (Å²) in [6.07, 6.45) is 9.25. The number of thiophene rings is 1. The number of carbonyl (C=O) groups excluding carboxylic acids is 4. The summed E-state index contributed by atoms with van der Waals surface area (Å²) in [5.41, 5.74) is 2.57. The molecule has 1 N–H and O–H groups in total. The van der Waals surface area contributed by atoms with Crippen molar-refractivity contribution in [3.8, 4) is 12.3 Å². The maximum atomic E-state index is 12.7. The fraction of sp³-hybridized carbons (Fsp3) is 0.370. The molecule has 0 spiro atoms. The summed E-state index contributed by atoms with van der Waals surface area (Å²) >= 11 is 3.79. The third-order valence-electron chi connectivity index (χ3n) is 5.94. The van der Waals surface area contributed by atoms with E-state index in [2.05, 4.69) is 16.2 Å². The number of anilines is 1. The Hall–Kier alpha value is -3.40. The van der Waals surface area contributed by atoms with Crippen molar-refractivity contribution in [1.82, 2.24) is 4.57 Å². The minimum atomic E-state index is -0.463. The number of nitrogens with zero attached hydrogens (tertiary/aromatic N) is 2. The second-order valence-electron chi connectivity index (χ2n) is 8.53. The number of thioether (sulfide) groups is 1. The zero-order valence-corrected chi connectivity index (χ0v) is 24.0. The van der Waals surface area contributed by atoms with Crippen molar-refractivity contribution in [2.45, 2.75) is 39.2 Å². The van der Waals surface area contributed by atoms with Crippen LogP contribution in [0.1, 0.15) is 50.9 Å². The summed E-state index contributed by atoms with van der Waals surface area (Å²) in [5, 5.41) is 3.36. The van der Waals surface area contributed by atoms with Crippen LogP contribution in [-0.4, -0.2) is 53.5 Å². The Balaban J connectivity index is 1.43. The molecule has 39 heavy (non-hydrogen) atoms. The minimum Gasteiger partial charge on any atom is -0.465 e. The number of thiazole rings is 1. The first kappa shape index (κ1) is 28.6. The first-order valence-corrected chi connectivity index (χ1v) is 15.1. The van der Waals surface area contributed by atoms with E-state index in [1.807, 2.05) is 0 Å². The van der Waals surface area contributed by atoms with Gasteiger partial charge in [-0.05, 0) is 56.4 Å². The molecule has 0 bridgehead atoms. The van der Waals surface area contributed by atoms with Crippen LogP contribution in [0.15, 0.2) is 23.2 Å². The van der Waals surface area contributed by atoms with Crippen molar-refractivity contribution >= 4 is 73.4 Å². The smallest absolute Gasteiger partial charge is 0.341 e. The van der Waals surface area contributed by atoms with Gasteiger partial charge in [0.1, 0.15) is 5.00 Å².